The molecule has 2 aromatic rings. The minimum absolute atomic E-state index is 0.463. The van der Waals surface area contributed by atoms with Crippen molar-refractivity contribution in [1.29, 1.82) is 0 Å². The largest absolute Gasteiger partial charge is 0.497 e. The average molecular weight is 271 g/mol. The number of aromatic nitrogens is 2. The van der Waals surface area contributed by atoms with Gasteiger partial charge in [-0.3, -0.25) is 0 Å². The van der Waals surface area contributed by atoms with Crippen LogP contribution in [-0.4, -0.2) is 23.6 Å². The number of benzene rings is 1. The first kappa shape index (κ1) is 13.7. The van der Waals surface area contributed by atoms with Crippen LogP contribution in [0.3, 0.4) is 0 Å². The summed E-state index contributed by atoms with van der Waals surface area (Å²) in [5, 5.41) is 6.20. The Morgan fingerprint density at radius 1 is 1.25 bits per heavy atom. The lowest BCUT2D eigenvalue weighted by Gasteiger charge is -2.12. The van der Waals surface area contributed by atoms with Crippen LogP contribution in [0.2, 0.25) is 0 Å². The molecule has 0 atom stereocenters. The third kappa shape index (κ3) is 3.17. The van der Waals surface area contributed by atoms with Gasteiger partial charge in [0.05, 0.1) is 7.11 Å². The summed E-state index contributed by atoms with van der Waals surface area (Å²) in [6.07, 6.45) is 3.19. The lowest BCUT2D eigenvalue weighted by molar-refractivity contribution is 0.415. The molecular weight excluding hydrogens is 254 g/mol. The fourth-order valence-electron chi connectivity index (χ4n) is 1.62. The van der Waals surface area contributed by atoms with E-state index < -0.39 is 0 Å². The highest BCUT2D eigenvalue weighted by Crippen LogP contribution is 2.26. The van der Waals surface area contributed by atoms with Gasteiger partial charge in [-0.25, -0.2) is 9.97 Å². The molecule has 0 amide bonds. The lowest BCUT2D eigenvalue weighted by atomic mass is 10.3. The zero-order valence-corrected chi connectivity index (χ0v) is 11.3. The molecule has 0 radical (unpaired) electrons. The van der Waals surface area contributed by atoms with E-state index in [-0.39, 0.29) is 0 Å². The van der Waals surface area contributed by atoms with E-state index >= 15 is 0 Å². The van der Waals surface area contributed by atoms with Gasteiger partial charge in [0.25, 0.3) is 0 Å². The zero-order valence-electron chi connectivity index (χ0n) is 11.3. The van der Waals surface area contributed by atoms with E-state index in [9.17, 15) is 0 Å². The van der Waals surface area contributed by atoms with Crippen LogP contribution in [0.5, 0.6) is 5.75 Å². The van der Waals surface area contributed by atoms with Crippen LogP contribution in [-0.2, 0) is 0 Å². The maximum Gasteiger partial charge on any atom is 0.159 e. The van der Waals surface area contributed by atoms with Gasteiger partial charge in [0.2, 0.25) is 0 Å². The van der Waals surface area contributed by atoms with E-state index in [2.05, 4.69) is 27.2 Å². The number of nitrogen functional groups attached to an aromatic ring is 1. The van der Waals surface area contributed by atoms with Gasteiger partial charge in [0.1, 0.15) is 17.8 Å². The average Bonchev–Trinajstić information content (AvgIpc) is 2.49. The van der Waals surface area contributed by atoms with Crippen molar-refractivity contribution in [2.45, 2.75) is 0 Å². The first-order valence-corrected chi connectivity index (χ1v) is 6.11. The molecule has 2 rings (SSSR count). The molecule has 0 aliphatic heterocycles. The molecule has 4 N–H and O–H groups in total. The molecule has 0 saturated heterocycles. The number of methoxy groups -OCH3 is 1. The summed E-state index contributed by atoms with van der Waals surface area (Å²) in [7, 11) is 1.63. The summed E-state index contributed by atoms with van der Waals surface area (Å²) in [4.78, 5) is 8.23. The summed E-state index contributed by atoms with van der Waals surface area (Å²) in [5.74, 6) is 1.92. The summed E-state index contributed by atoms with van der Waals surface area (Å²) < 4.78 is 5.11. The fraction of sp³-hybridized carbons (Fsp3) is 0.143. The lowest BCUT2D eigenvalue weighted by Crippen LogP contribution is -2.07. The second-order valence-corrected chi connectivity index (χ2v) is 4.01. The molecule has 1 aromatic carbocycles. The second-order valence-electron chi connectivity index (χ2n) is 4.01. The fourth-order valence-corrected chi connectivity index (χ4v) is 1.62. The van der Waals surface area contributed by atoms with Gasteiger partial charge >= 0.3 is 0 Å². The second kappa shape index (κ2) is 6.42. The number of anilines is 4. The monoisotopic (exact) mass is 271 g/mol. The maximum absolute atomic E-state index is 6.02. The predicted molar refractivity (Wildman–Crippen MR) is 81.4 cm³/mol. The summed E-state index contributed by atoms with van der Waals surface area (Å²) in [6, 6.07) is 7.49. The number of nitrogens with one attached hydrogen (secondary N) is 2. The molecule has 0 saturated carbocycles. The SMILES string of the molecule is C=CCNc1ncnc(Nc2ccc(OC)cc2)c1N. The maximum atomic E-state index is 6.02. The van der Waals surface area contributed by atoms with Crippen LogP contribution in [0.25, 0.3) is 0 Å². The molecule has 6 nitrogen and oxygen atoms in total. The van der Waals surface area contributed by atoms with Crippen LogP contribution in [0.15, 0.2) is 43.2 Å². The normalized spacial score (nSPS) is 9.85. The van der Waals surface area contributed by atoms with Crippen molar-refractivity contribution in [2.24, 2.45) is 0 Å². The van der Waals surface area contributed by atoms with Crippen molar-refractivity contribution in [2.75, 3.05) is 30.0 Å². The molecule has 0 unspecified atom stereocenters. The summed E-state index contributed by atoms with van der Waals surface area (Å²) in [6.45, 7) is 4.22. The molecule has 0 aliphatic rings. The number of rotatable bonds is 6. The first-order valence-electron chi connectivity index (χ1n) is 6.11. The van der Waals surface area contributed by atoms with Crippen molar-refractivity contribution in [3.63, 3.8) is 0 Å². The van der Waals surface area contributed by atoms with E-state index in [1.54, 1.807) is 13.2 Å². The van der Waals surface area contributed by atoms with Gasteiger partial charge in [-0.15, -0.1) is 6.58 Å². The van der Waals surface area contributed by atoms with Gasteiger partial charge < -0.3 is 21.1 Å². The van der Waals surface area contributed by atoms with Gasteiger partial charge in [0.15, 0.2) is 11.6 Å². The number of hydrogen-bond acceptors (Lipinski definition) is 6. The van der Waals surface area contributed by atoms with Crippen LogP contribution in [0.1, 0.15) is 0 Å². The Hall–Kier alpha value is -2.76. The number of nitrogens with zero attached hydrogens (tertiary/aromatic N) is 2. The Kier molecular flexibility index (Phi) is 4.39. The summed E-state index contributed by atoms with van der Waals surface area (Å²) in [5.41, 5.74) is 7.35. The van der Waals surface area contributed by atoms with Gasteiger partial charge in [-0.2, -0.15) is 0 Å². The van der Waals surface area contributed by atoms with E-state index in [0.717, 1.165) is 11.4 Å². The first-order chi connectivity index (χ1) is 9.74. The summed E-state index contributed by atoms with van der Waals surface area (Å²) >= 11 is 0. The molecule has 0 bridgehead atoms. The Labute approximate surface area is 117 Å². The molecular formula is C14H17N5O. The molecule has 0 aliphatic carbocycles. The highest BCUT2D eigenvalue weighted by Gasteiger charge is 2.07. The van der Waals surface area contributed by atoms with E-state index in [1.807, 2.05) is 24.3 Å². The van der Waals surface area contributed by atoms with Crippen LogP contribution in [0, 0.1) is 0 Å². The third-order valence-corrected chi connectivity index (χ3v) is 2.65. The highest BCUT2D eigenvalue weighted by atomic mass is 16.5. The standard InChI is InChI=1S/C14H17N5O/c1-3-8-16-13-12(15)14(18-9-17-13)19-10-4-6-11(20-2)7-5-10/h3-7,9H,1,8,15H2,2H3,(H2,16,17,18,19). The zero-order chi connectivity index (χ0) is 14.4. The van der Waals surface area contributed by atoms with Crippen LogP contribution >= 0.6 is 0 Å². The van der Waals surface area contributed by atoms with Gasteiger partial charge in [-0.05, 0) is 24.3 Å². The van der Waals surface area contributed by atoms with Gasteiger partial charge in [0, 0.05) is 12.2 Å². The van der Waals surface area contributed by atoms with Crippen molar-refractivity contribution >= 4 is 23.0 Å². The smallest absolute Gasteiger partial charge is 0.159 e. The predicted octanol–water partition coefficient (Wildman–Crippen LogP) is 2.41. The number of ether oxygens (including phenoxy) is 1. The molecule has 104 valence electrons. The molecule has 1 aromatic heterocycles. The molecule has 6 heteroatoms. The van der Waals surface area contributed by atoms with Crippen LogP contribution in [0.4, 0.5) is 23.0 Å². The van der Waals surface area contributed by atoms with E-state index in [1.165, 1.54) is 6.33 Å². The topological polar surface area (TPSA) is 85.1 Å². The van der Waals surface area contributed by atoms with E-state index in [0.29, 0.717) is 23.9 Å². The Morgan fingerprint density at radius 3 is 2.60 bits per heavy atom. The minimum atomic E-state index is 0.463. The Balaban J connectivity index is 2.17. The Morgan fingerprint density at radius 2 is 1.95 bits per heavy atom. The van der Waals surface area contributed by atoms with Crippen molar-refractivity contribution < 1.29 is 4.74 Å². The quantitative estimate of drug-likeness (QED) is 0.700. The molecule has 1 heterocycles. The van der Waals surface area contributed by atoms with Crippen molar-refractivity contribution in [3.05, 3.63) is 43.2 Å². The highest BCUT2D eigenvalue weighted by molar-refractivity contribution is 5.77. The van der Waals surface area contributed by atoms with E-state index in [4.69, 9.17) is 10.5 Å². The molecule has 0 fully saturated rings. The van der Waals surface area contributed by atoms with Crippen LogP contribution < -0.4 is 21.1 Å². The third-order valence-electron chi connectivity index (χ3n) is 2.65. The van der Waals surface area contributed by atoms with Gasteiger partial charge in [-0.1, -0.05) is 6.08 Å². The molecule has 20 heavy (non-hydrogen) atoms. The number of hydrogen-bond donors (Lipinski definition) is 3. The minimum Gasteiger partial charge on any atom is -0.497 e. The Bertz CT molecular complexity index is 583. The van der Waals surface area contributed by atoms with Crippen molar-refractivity contribution in [1.82, 2.24) is 9.97 Å². The number of nitrogens with two attached hydrogens (primary N) is 1. The van der Waals surface area contributed by atoms with Crippen molar-refractivity contribution in [3.8, 4) is 5.75 Å². The molecule has 0 spiro atoms.